The molecule has 0 spiro atoms. The van der Waals surface area contributed by atoms with Crippen molar-refractivity contribution in [1.29, 1.82) is 0 Å². The minimum absolute atomic E-state index is 0.0601. The van der Waals surface area contributed by atoms with Gasteiger partial charge in [0.15, 0.2) is 17.5 Å². The molecule has 0 heterocycles. The average molecular weight is 633 g/mol. The molecule has 0 aliphatic heterocycles. The zero-order valence-corrected chi connectivity index (χ0v) is 24.6. The van der Waals surface area contributed by atoms with Crippen LogP contribution < -0.4 is 4.74 Å². The van der Waals surface area contributed by atoms with Crippen molar-refractivity contribution >= 4 is 0 Å². The maximum absolute atomic E-state index is 15.0. The Morgan fingerprint density at radius 1 is 0.644 bits per heavy atom. The minimum atomic E-state index is -4.55. The average Bonchev–Trinajstić information content (AvgIpc) is 2.99. The lowest BCUT2D eigenvalue weighted by Gasteiger charge is -2.29. The van der Waals surface area contributed by atoms with Crippen molar-refractivity contribution in [2.75, 3.05) is 0 Å². The molecule has 1 aliphatic carbocycles. The van der Waals surface area contributed by atoms with E-state index in [2.05, 4.69) is 11.7 Å². The fraction of sp³-hybridized carbons (Fsp3) is 0.333. The van der Waals surface area contributed by atoms with Crippen molar-refractivity contribution in [2.45, 2.75) is 70.3 Å². The number of halogens is 8. The summed E-state index contributed by atoms with van der Waals surface area (Å²) in [6, 6.07) is 12.1. The molecule has 0 aromatic heterocycles. The van der Waals surface area contributed by atoms with E-state index in [1.54, 1.807) is 12.1 Å². The molecule has 1 nitrogen and oxygen atoms in total. The van der Waals surface area contributed by atoms with E-state index in [4.69, 9.17) is 0 Å². The van der Waals surface area contributed by atoms with Gasteiger partial charge in [0.25, 0.3) is 0 Å². The third-order valence-electron chi connectivity index (χ3n) is 8.59. The van der Waals surface area contributed by atoms with Crippen molar-refractivity contribution in [3.63, 3.8) is 0 Å². The summed E-state index contributed by atoms with van der Waals surface area (Å²) in [6.45, 7) is 2.20. The number of hydrogen-bond acceptors (Lipinski definition) is 1. The van der Waals surface area contributed by atoms with Gasteiger partial charge >= 0.3 is 6.11 Å². The van der Waals surface area contributed by atoms with Crippen molar-refractivity contribution < 1.29 is 39.9 Å². The number of ether oxygens (including phenoxy) is 1. The largest absolute Gasteiger partial charge is 0.432 e. The molecule has 0 N–H and O–H groups in total. The summed E-state index contributed by atoms with van der Waals surface area (Å²) in [7, 11) is 0. The van der Waals surface area contributed by atoms with Crippen LogP contribution in [0.5, 0.6) is 5.75 Å². The third-order valence-corrected chi connectivity index (χ3v) is 8.59. The van der Waals surface area contributed by atoms with Crippen LogP contribution in [0.25, 0.3) is 22.3 Å². The molecule has 0 saturated heterocycles. The second-order valence-electron chi connectivity index (χ2n) is 11.7. The van der Waals surface area contributed by atoms with Crippen molar-refractivity contribution in [2.24, 2.45) is 5.92 Å². The minimum Gasteiger partial charge on any atom is -0.429 e. The van der Waals surface area contributed by atoms with E-state index >= 15 is 17.6 Å². The first kappa shape index (κ1) is 32.5. The van der Waals surface area contributed by atoms with Gasteiger partial charge in [-0.25, -0.2) is 26.3 Å². The highest BCUT2D eigenvalue weighted by atomic mass is 19.3. The zero-order chi connectivity index (χ0) is 32.3. The summed E-state index contributed by atoms with van der Waals surface area (Å²) in [4.78, 5) is 0. The highest BCUT2D eigenvalue weighted by Crippen LogP contribution is 2.40. The summed E-state index contributed by atoms with van der Waals surface area (Å²) < 4.78 is 120. The molecule has 45 heavy (non-hydrogen) atoms. The zero-order valence-electron chi connectivity index (χ0n) is 24.6. The van der Waals surface area contributed by atoms with E-state index in [-0.39, 0.29) is 5.56 Å². The molecule has 0 unspecified atom stereocenters. The SMILES string of the molecule is CCCCCC1CCC(c2ccc(-c3cc(F)c(C(F)(F)Oc4ccc(-c5cc(F)c(F)c(F)c5)c(F)c4)c(F)c3)cc2)CC1. The predicted molar refractivity (Wildman–Crippen MR) is 157 cm³/mol. The fourth-order valence-corrected chi connectivity index (χ4v) is 6.14. The highest BCUT2D eigenvalue weighted by molar-refractivity contribution is 5.66. The molecule has 1 fully saturated rings. The number of benzene rings is 4. The molecule has 238 valence electrons. The Kier molecular flexibility index (Phi) is 9.85. The molecule has 0 bridgehead atoms. The summed E-state index contributed by atoms with van der Waals surface area (Å²) in [5, 5.41) is 0. The van der Waals surface area contributed by atoms with Gasteiger partial charge in [0, 0.05) is 11.6 Å². The van der Waals surface area contributed by atoms with Crippen LogP contribution in [0.4, 0.5) is 35.1 Å². The smallest absolute Gasteiger partial charge is 0.429 e. The fourth-order valence-electron chi connectivity index (χ4n) is 6.14. The van der Waals surface area contributed by atoms with E-state index in [9.17, 15) is 17.6 Å². The topological polar surface area (TPSA) is 9.23 Å². The third kappa shape index (κ3) is 7.34. The molecule has 4 aromatic carbocycles. The van der Waals surface area contributed by atoms with Crippen LogP contribution in [0.3, 0.4) is 0 Å². The first-order valence-corrected chi connectivity index (χ1v) is 15.1. The summed E-state index contributed by atoms with van der Waals surface area (Å²) in [5.41, 5.74) is -0.849. The summed E-state index contributed by atoms with van der Waals surface area (Å²) in [5.74, 6) is -8.90. The van der Waals surface area contributed by atoms with Crippen LogP contribution in [-0.4, -0.2) is 0 Å². The Hall–Kier alpha value is -3.88. The van der Waals surface area contributed by atoms with Gasteiger partial charge in [-0.15, -0.1) is 0 Å². The van der Waals surface area contributed by atoms with Crippen LogP contribution in [0.1, 0.15) is 75.3 Å². The van der Waals surface area contributed by atoms with Gasteiger partial charge < -0.3 is 4.74 Å². The number of rotatable bonds is 10. The Bertz CT molecular complexity index is 1600. The molecule has 1 aliphatic rings. The van der Waals surface area contributed by atoms with Crippen LogP contribution in [0, 0.1) is 40.8 Å². The molecular formula is C36H32F8O. The van der Waals surface area contributed by atoms with Crippen LogP contribution in [-0.2, 0) is 6.11 Å². The van der Waals surface area contributed by atoms with Gasteiger partial charge in [-0.2, -0.15) is 8.78 Å². The van der Waals surface area contributed by atoms with Crippen LogP contribution in [0.15, 0.2) is 66.7 Å². The summed E-state index contributed by atoms with van der Waals surface area (Å²) >= 11 is 0. The Balaban J connectivity index is 1.28. The van der Waals surface area contributed by atoms with Crippen LogP contribution in [0.2, 0.25) is 0 Å². The van der Waals surface area contributed by atoms with Gasteiger partial charge in [0.05, 0.1) is 0 Å². The molecule has 5 rings (SSSR count). The lowest BCUT2D eigenvalue weighted by Crippen LogP contribution is -2.25. The Morgan fingerprint density at radius 2 is 1.24 bits per heavy atom. The second-order valence-corrected chi connectivity index (χ2v) is 11.7. The Morgan fingerprint density at radius 3 is 1.82 bits per heavy atom. The molecule has 9 heteroatoms. The highest BCUT2D eigenvalue weighted by Gasteiger charge is 2.41. The normalized spacial score (nSPS) is 17.0. The Labute approximate surface area is 256 Å². The van der Waals surface area contributed by atoms with E-state index < -0.39 is 63.5 Å². The van der Waals surface area contributed by atoms with Gasteiger partial charge in [-0.1, -0.05) is 56.9 Å². The van der Waals surface area contributed by atoms with E-state index in [1.807, 2.05) is 12.1 Å². The number of alkyl halides is 2. The van der Waals surface area contributed by atoms with E-state index in [1.165, 1.54) is 38.5 Å². The molecular weight excluding hydrogens is 600 g/mol. The van der Waals surface area contributed by atoms with Crippen molar-refractivity contribution in [1.82, 2.24) is 0 Å². The molecule has 4 aromatic rings. The van der Waals surface area contributed by atoms with Gasteiger partial charge in [-0.05, 0) is 96.2 Å². The first-order chi connectivity index (χ1) is 21.5. The van der Waals surface area contributed by atoms with Crippen molar-refractivity contribution in [3.8, 4) is 28.0 Å². The monoisotopic (exact) mass is 632 g/mol. The van der Waals surface area contributed by atoms with Crippen molar-refractivity contribution in [3.05, 3.63) is 113 Å². The van der Waals surface area contributed by atoms with Gasteiger partial charge in [0.1, 0.15) is 28.8 Å². The lowest BCUT2D eigenvalue weighted by atomic mass is 9.77. The summed E-state index contributed by atoms with van der Waals surface area (Å²) in [6.07, 6.45) is 4.97. The predicted octanol–water partition coefficient (Wildman–Crippen LogP) is 11.8. The first-order valence-electron chi connectivity index (χ1n) is 15.1. The molecule has 0 radical (unpaired) electrons. The molecule has 1 saturated carbocycles. The lowest BCUT2D eigenvalue weighted by molar-refractivity contribution is -0.189. The van der Waals surface area contributed by atoms with Crippen LogP contribution >= 0.6 is 0 Å². The maximum atomic E-state index is 15.0. The van der Waals surface area contributed by atoms with Gasteiger partial charge in [0.2, 0.25) is 0 Å². The van der Waals surface area contributed by atoms with E-state index in [0.717, 1.165) is 48.6 Å². The maximum Gasteiger partial charge on any atom is 0.432 e. The van der Waals surface area contributed by atoms with E-state index in [0.29, 0.717) is 29.7 Å². The van der Waals surface area contributed by atoms with Gasteiger partial charge in [-0.3, -0.25) is 0 Å². The quantitative estimate of drug-likeness (QED) is 0.0960. The molecule has 0 amide bonds. The number of unbranched alkanes of at least 4 members (excludes halogenated alkanes) is 2. The standard InChI is InChI=1S/C36H32F8O/c1-2-3-4-5-21-6-8-22(9-7-21)23-10-12-24(13-11-23)25-16-30(38)34(31(39)17-25)36(43,44)45-27-14-15-28(29(37)20-27)26-18-32(40)35(42)33(41)19-26/h10-22H,2-9H2,1H3. The second kappa shape index (κ2) is 13.6. The number of hydrogen-bond donors (Lipinski definition) is 0. The molecule has 0 atom stereocenters.